The van der Waals surface area contributed by atoms with E-state index in [1.807, 2.05) is 13.8 Å². The lowest BCUT2D eigenvalue weighted by Gasteiger charge is -2.35. The van der Waals surface area contributed by atoms with E-state index in [9.17, 15) is 50.5 Å². The summed E-state index contributed by atoms with van der Waals surface area (Å²) in [6, 6.07) is -1.35. The van der Waals surface area contributed by atoms with Crippen LogP contribution in [0.25, 0.3) is 0 Å². The van der Waals surface area contributed by atoms with Crippen molar-refractivity contribution < 1.29 is 60.4 Å². The van der Waals surface area contributed by atoms with Crippen molar-refractivity contribution in [2.75, 3.05) is 6.61 Å². The monoisotopic (exact) mass is 510 g/mol. The third-order valence-corrected chi connectivity index (χ3v) is 4.53. The Morgan fingerprint density at radius 1 is 1.12 bits per heavy atom. The second-order valence-corrected chi connectivity index (χ2v) is 6.76. The standard InChI is InChI=1S/C17H19F7N2O6.C2H6/c1-6-7(10(5-8(25)14(29)30)32-3-2-11(26)28)4-9(27)13(18)12(6)15(31,16(19,20)21)17(22,23)24;1-2/h4,8,10,27,31H,2-3,5,25H2,1H3,(H2,26,28)(H,29,30);1-2H3. The number of aliphatic carboxylic acids is 1. The van der Waals surface area contributed by atoms with Gasteiger partial charge in [0.05, 0.1) is 12.7 Å². The van der Waals surface area contributed by atoms with E-state index in [4.69, 9.17) is 21.3 Å². The Balaban J connectivity index is 0.00000529. The minimum atomic E-state index is -6.47. The summed E-state index contributed by atoms with van der Waals surface area (Å²) in [6.45, 7) is 4.01. The van der Waals surface area contributed by atoms with Gasteiger partial charge in [0.2, 0.25) is 5.91 Å². The second-order valence-electron chi connectivity index (χ2n) is 6.76. The van der Waals surface area contributed by atoms with Gasteiger partial charge in [-0.3, -0.25) is 9.59 Å². The number of halogens is 7. The number of carbonyl (C=O) groups is 2. The highest BCUT2D eigenvalue weighted by atomic mass is 19.4. The highest BCUT2D eigenvalue weighted by molar-refractivity contribution is 5.74. The van der Waals surface area contributed by atoms with E-state index < -0.39 is 89.7 Å². The zero-order valence-electron chi connectivity index (χ0n) is 18.2. The van der Waals surface area contributed by atoms with Crippen LogP contribution in [0.1, 0.15) is 49.5 Å². The van der Waals surface area contributed by atoms with Crippen LogP contribution in [-0.4, -0.2) is 52.2 Å². The van der Waals surface area contributed by atoms with Gasteiger partial charge in [-0.15, -0.1) is 0 Å². The molecule has 1 aromatic carbocycles. The largest absolute Gasteiger partial charge is 0.505 e. The van der Waals surface area contributed by atoms with Crippen LogP contribution in [0, 0.1) is 12.7 Å². The molecule has 196 valence electrons. The highest BCUT2D eigenvalue weighted by Crippen LogP contribution is 2.53. The molecule has 0 aliphatic rings. The van der Waals surface area contributed by atoms with Crippen molar-refractivity contribution in [3.8, 4) is 5.75 Å². The molecule has 7 N–H and O–H groups in total. The number of hydrogen-bond donors (Lipinski definition) is 5. The number of benzene rings is 1. The first kappa shape index (κ1) is 31.4. The topological polar surface area (TPSA) is 156 Å². The molecule has 0 saturated carbocycles. The summed E-state index contributed by atoms with van der Waals surface area (Å²) in [4.78, 5) is 21.9. The lowest BCUT2D eigenvalue weighted by atomic mass is 9.84. The van der Waals surface area contributed by atoms with Crippen molar-refractivity contribution in [1.29, 1.82) is 0 Å². The van der Waals surface area contributed by atoms with E-state index in [2.05, 4.69) is 0 Å². The number of alkyl halides is 6. The van der Waals surface area contributed by atoms with Crippen molar-refractivity contribution >= 4 is 11.9 Å². The average molecular weight is 510 g/mol. The third-order valence-electron chi connectivity index (χ3n) is 4.53. The molecular formula is C19H25F7N2O6. The van der Waals surface area contributed by atoms with Crippen LogP contribution in [0.2, 0.25) is 0 Å². The fourth-order valence-electron chi connectivity index (χ4n) is 2.88. The van der Waals surface area contributed by atoms with Crippen LogP contribution in [0.3, 0.4) is 0 Å². The molecule has 0 spiro atoms. The fourth-order valence-corrected chi connectivity index (χ4v) is 2.88. The Bertz CT molecular complexity index is 860. The number of carboxylic acid groups (broad SMARTS) is 1. The number of phenolic OH excluding ortho intramolecular Hbond substituents is 1. The number of nitrogens with two attached hydrogens (primary N) is 2. The first-order valence-corrected chi connectivity index (χ1v) is 9.62. The summed E-state index contributed by atoms with van der Waals surface area (Å²) in [7, 11) is 0. The number of primary amides is 1. The molecule has 8 nitrogen and oxygen atoms in total. The van der Waals surface area contributed by atoms with Gasteiger partial charge < -0.3 is 31.5 Å². The first-order valence-electron chi connectivity index (χ1n) is 9.62. The Morgan fingerprint density at radius 2 is 1.59 bits per heavy atom. The van der Waals surface area contributed by atoms with Crippen molar-refractivity contribution in [1.82, 2.24) is 0 Å². The number of amides is 1. The van der Waals surface area contributed by atoms with Crippen molar-refractivity contribution in [2.24, 2.45) is 11.5 Å². The predicted molar refractivity (Wildman–Crippen MR) is 103 cm³/mol. The van der Waals surface area contributed by atoms with E-state index in [1.165, 1.54) is 0 Å². The van der Waals surface area contributed by atoms with Gasteiger partial charge in [-0.1, -0.05) is 13.8 Å². The summed E-state index contributed by atoms with van der Waals surface area (Å²) in [6.07, 6.45) is -15.9. The minimum absolute atomic E-state index is 0.408. The number of carbonyl (C=O) groups excluding carboxylic acids is 1. The molecule has 0 aliphatic carbocycles. The van der Waals surface area contributed by atoms with Crippen LogP contribution >= 0.6 is 0 Å². The molecular weight excluding hydrogens is 485 g/mol. The second kappa shape index (κ2) is 11.7. The number of ether oxygens (including phenoxy) is 1. The van der Waals surface area contributed by atoms with E-state index in [0.717, 1.165) is 0 Å². The molecule has 1 rings (SSSR count). The van der Waals surface area contributed by atoms with Gasteiger partial charge in [0.1, 0.15) is 6.04 Å². The fraction of sp³-hybridized carbons (Fsp3) is 0.579. The molecule has 0 aromatic heterocycles. The Morgan fingerprint density at radius 3 is 1.97 bits per heavy atom. The molecule has 0 bridgehead atoms. The van der Waals surface area contributed by atoms with E-state index in [0.29, 0.717) is 13.0 Å². The lowest BCUT2D eigenvalue weighted by molar-refractivity contribution is -0.377. The summed E-state index contributed by atoms with van der Waals surface area (Å²) >= 11 is 0. The van der Waals surface area contributed by atoms with E-state index in [-0.39, 0.29) is 0 Å². The lowest BCUT2D eigenvalue weighted by Crippen LogP contribution is -2.55. The summed E-state index contributed by atoms with van der Waals surface area (Å²) < 4.78 is 99.4. The van der Waals surface area contributed by atoms with Crippen molar-refractivity contribution in [3.63, 3.8) is 0 Å². The SMILES string of the molecule is CC.Cc1c(C(CC(N)C(=O)O)OCCC(N)=O)cc(O)c(F)c1C(O)(C(F)(F)F)C(F)(F)F. The molecule has 2 unspecified atom stereocenters. The molecule has 0 aliphatic heterocycles. The zero-order chi connectivity index (χ0) is 27.2. The average Bonchev–Trinajstić information content (AvgIpc) is 2.69. The maximum Gasteiger partial charge on any atom is 0.430 e. The molecule has 1 amide bonds. The molecule has 15 heteroatoms. The Hall–Kier alpha value is -2.65. The quantitative estimate of drug-likeness (QED) is 0.320. The van der Waals surface area contributed by atoms with Crippen LogP contribution < -0.4 is 11.5 Å². The van der Waals surface area contributed by atoms with E-state index in [1.54, 1.807) is 0 Å². The van der Waals surface area contributed by atoms with Crippen LogP contribution in [0.4, 0.5) is 30.7 Å². The van der Waals surface area contributed by atoms with Gasteiger partial charge in [-0.25, -0.2) is 4.39 Å². The van der Waals surface area contributed by atoms with Gasteiger partial charge in [-0.05, 0) is 24.1 Å². The third kappa shape index (κ3) is 6.70. The van der Waals surface area contributed by atoms with Crippen LogP contribution in [-0.2, 0) is 19.9 Å². The van der Waals surface area contributed by atoms with E-state index >= 15 is 0 Å². The number of phenols is 1. The minimum Gasteiger partial charge on any atom is -0.505 e. The number of aliphatic hydroxyl groups is 1. The maximum absolute atomic E-state index is 14.4. The molecule has 0 heterocycles. The first-order chi connectivity index (χ1) is 15.4. The Kier molecular flexibility index (Phi) is 10.8. The van der Waals surface area contributed by atoms with Crippen molar-refractivity contribution in [3.05, 3.63) is 28.6 Å². The Labute approximate surface area is 189 Å². The molecule has 0 fully saturated rings. The number of carboxylic acids is 1. The number of rotatable bonds is 9. The normalized spacial score (nSPS) is 14.1. The molecule has 34 heavy (non-hydrogen) atoms. The maximum atomic E-state index is 14.4. The number of aromatic hydroxyl groups is 1. The van der Waals surface area contributed by atoms with Gasteiger partial charge in [0.25, 0.3) is 5.60 Å². The molecule has 2 atom stereocenters. The molecule has 1 aromatic rings. The smallest absolute Gasteiger partial charge is 0.430 e. The summed E-state index contributed by atoms with van der Waals surface area (Å²) in [5, 5.41) is 28.3. The zero-order valence-corrected chi connectivity index (χ0v) is 18.2. The summed E-state index contributed by atoms with van der Waals surface area (Å²) in [5.74, 6) is -6.64. The van der Waals surface area contributed by atoms with Gasteiger partial charge in [0, 0.05) is 18.4 Å². The van der Waals surface area contributed by atoms with Gasteiger partial charge >= 0.3 is 18.3 Å². The molecule has 0 saturated heterocycles. The number of hydrogen-bond acceptors (Lipinski definition) is 6. The van der Waals surface area contributed by atoms with Gasteiger partial charge in [-0.2, -0.15) is 26.3 Å². The van der Waals surface area contributed by atoms with Crippen LogP contribution in [0.5, 0.6) is 5.75 Å². The predicted octanol–water partition coefficient (Wildman–Crippen LogP) is 2.91. The van der Waals surface area contributed by atoms with Crippen molar-refractivity contribution in [2.45, 2.75) is 63.7 Å². The molecule has 0 radical (unpaired) electrons. The summed E-state index contributed by atoms with van der Waals surface area (Å²) in [5.41, 5.74) is 0.312. The van der Waals surface area contributed by atoms with Crippen LogP contribution in [0.15, 0.2) is 6.07 Å². The highest BCUT2D eigenvalue weighted by Gasteiger charge is 2.73. The van der Waals surface area contributed by atoms with Gasteiger partial charge in [0.15, 0.2) is 11.6 Å².